The van der Waals surface area contributed by atoms with Crippen molar-refractivity contribution in [2.24, 2.45) is 0 Å². The molecule has 0 aromatic rings. The van der Waals surface area contributed by atoms with Crippen LogP contribution in [0.4, 0.5) is 0 Å². The summed E-state index contributed by atoms with van der Waals surface area (Å²) in [5.41, 5.74) is 0. The monoisotopic (exact) mass is 320 g/mol. The zero-order valence-corrected chi connectivity index (χ0v) is 13.7. The molecule has 6 nitrogen and oxygen atoms in total. The molecule has 0 aromatic carbocycles. The highest BCUT2D eigenvalue weighted by Gasteiger charge is 2.13. The van der Waals surface area contributed by atoms with E-state index in [4.69, 9.17) is 0 Å². The Balaban J connectivity index is 2.10. The molecule has 21 heavy (non-hydrogen) atoms. The molecule has 0 amide bonds. The summed E-state index contributed by atoms with van der Waals surface area (Å²) in [5.74, 6) is -0.411. The second-order valence-electron chi connectivity index (χ2n) is 5.54. The summed E-state index contributed by atoms with van der Waals surface area (Å²) in [6, 6.07) is 0.524. The maximum atomic E-state index is 11.7. The van der Waals surface area contributed by atoms with Gasteiger partial charge in [-0.25, -0.2) is 13.1 Å². The third-order valence-electron chi connectivity index (χ3n) is 3.76. The summed E-state index contributed by atoms with van der Waals surface area (Å²) in [7, 11) is -1.99. The Hall–Kier alpha value is -0.660. The molecule has 1 rings (SSSR count). The van der Waals surface area contributed by atoms with Gasteiger partial charge in [-0.05, 0) is 19.3 Å². The van der Waals surface area contributed by atoms with Gasteiger partial charge in [-0.1, -0.05) is 25.7 Å². The van der Waals surface area contributed by atoms with Gasteiger partial charge in [0.2, 0.25) is 10.0 Å². The molecule has 0 unspecified atom stereocenters. The number of methoxy groups -OCH3 is 1. The molecule has 7 heteroatoms. The fraction of sp³-hybridized carbons (Fsp3) is 0.929. The quantitative estimate of drug-likeness (QED) is 0.378. The number of ether oxygens (including phenoxy) is 1. The molecule has 1 saturated carbocycles. The number of rotatable bonds is 9. The second-order valence-corrected chi connectivity index (χ2v) is 7.46. The first kappa shape index (κ1) is 18.4. The highest BCUT2D eigenvalue weighted by molar-refractivity contribution is 7.89. The first-order chi connectivity index (χ1) is 10.0. The van der Waals surface area contributed by atoms with Crippen LogP contribution in [0, 0.1) is 0 Å². The van der Waals surface area contributed by atoms with E-state index in [1.165, 1.54) is 45.6 Å². The molecule has 0 atom stereocenters. The first-order valence-electron chi connectivity index (χ1n) is 7.81. The first-order valence-corrected chi connectivity index (χ1v) is 9.46. The van der Waals surface area contributed by atoms with Gasteiger partial charge < -0.3 is 10.1 Å². The second kappa shape index (κ2) is 10.1. The summed E-state index contributed by atoms with van der Waals surface area (Å²) in [4.78, 5) is 10.9. The zero-order valence-electron chi connectivity index (χ0n) is 12.9. The van der Waals surface area contributed by atoms with Crippen molar-refractivity contribution in [3.05, 3.63) is 0 Å². The Morgan fingerprint density at radius 1 is 1.14 bits per heavy atom. The van der Waals surface area contributed by atoms with Crippen LogP contribution in [0.5, 0.6) is 0 Å². The molecule has 1 aliphatic rings. The van der Waals surface area contributed by atoms with Gasteiger partial charge in [0, 0.05) is 25.6 Å². The number of nitrogens with one attached hydrogen (secondary N) is 2. The number of esters is 1. The summed E-state index contributed by atoms with van der Waals surface area (Å²) in [6.45, 7) is 1.05. The van der Waals surface area contributed by atoms with Gasteiger partial charge in [-0.2, -0.15) is 0 Å². The van der Waals surface area contributed by atoms with Crippen molar-refractivity contribution in [3.8, 4) is 0 Å². The molecule has 0 aliphatic heterocycles. The van der Waals surface area contributed by atoms with Crippen LogP contribution in [0.2, 0.25) is 0 Å². The van der Waals surface area contributed by atoms with E-state index in [9.17, 15) is 13.2 Å². The molecule has 0 aromatic heterocycles. The van der Waals surface area contributed by atoms with Crippen molar-refractivity contribution in [2.45, 2.75) is 57.4 Å². The van der Waals surface area contributed by atoms with E-state index in [1.54, 1.807) is 0 Å². The van der Waals surface area contributed by atoms with E-state index in [0.717, 1.165) is 0 Å². The van der Waals surface area contributed by atoms with Crippen LogP contribution in [0.1, 0.15) is 51.4 Å². The Morgan fingerprint density at radius 2 is 1.81 bits per heavy atom. The van der Waals surface area contributed by atoms with Gasteiger partial charge in [0.25, 0.3) is 0 Å². The standard InChI is InChI=1S/C14H28N2O4S/c1-20-14(17)9-6-12-21(18,19)16-11-10-15-13-7-4-2-3-5-8-13/h13,15-16H,2-12H2,1H3. The van der Waals surface area contributed by atoms with Crippen LogP contribution in [0.15, 0.2) is 0 Å². The molecule has 0 radical (unpaired) electrons. The van der Waals surface area contributed by atoms with E-state index >= 15 is 0 Å². The molecular formula is C14H28N2O4S. The van der Waals surface area contributed by atoms with Crippen LogP contribution in [-0.2, 0) is 19.6 Å². The normalized spacial score (nSPS) is 17.4. The molecule has 124 valence electrons. The van der Waals surface area contributed by atoms with Crippen molar-refractivity contribution in [3.63, 3.8) is 0 Å². The maximum Gasteiger partial charge on any atom is 0.305 e. The summed E-state index contributed by atoms with van der Waals surface area (Å²) in [5, 5.41) is 3.42. The van der Waals surface area contributed by atoms with Crippen LogP contribution in [-0.4, -0.2) is 46.4 Å². The lowest BCUT2D eigenvalue weighted by atomic mass is 10.1. The van der Waals surface area contributed by atoms with Crippen LogP contribution in [0.25, 0.3) is 0 Å². The Bertz CT molecular complexity index is 390. The molecule has 0 saturated heterocycles. The smallest absolute Gasteiger partial charge is 0.305 e. The third kappa shape index (κ3) is 9.06. The Labute approximate surface area is 128 Å². The van der Waals surface area contributed by atoms with E-state index < -0.39 is 10.0 Å². The minimum absolute atomic E-state index is 0.0362. The lowest BCUT2D eigenvalue weighted by Crippen LogP contribution is -2.37. The molecule has 1 fully saturated rings. The van der Waals surface area contributed by atoms with Crippen LogP contribution < -0.4 is 10.0 Å². The van der Waals surface area contributed by atoms with Crippen molar-refractivity contribution in [1.82, 2.24) is 10.0 Å². The predicted molar refractivity (Wildman–Crippen MR) is 82.5 cm³/mol. The lowest BCUT2D eigenvalue weighted by Gasteiger charge is -2.16. The van der Waals surface area contributed by atoms with Gasteiger partial charge >= 0.3 is 5.97 Å². The maximum absolute atomic E-state index is 11.7. The highest BCUT2D eigenvalue weighted by atomic mass is 32.2. The largest absolute Gasteiger partial charge is 0.469 e. The van der Waals surface area contributed by atoms with Gasteiger partial charge in [0.05, 0.1) is 12.9 Å². The minimum Gasteiger partial charge on any atom is -0.469 e. The molecule has 0 spiro atoms. The summed E-state index contributed by atoms with van der Waals surface area (Å²) < 4.78 is 30.5. The number of hydrogen-bond acceptors (Lipinski definition) is 5. The van der Waals surface area contributed by atoms with Crippen molar-refractivity contribution in [1.29, 1.82) is 0 Å². The molecular weight excluding hydrogens is 292 g/mol. The van der Waals surface area contributed by atoms with Gasteiger partial charge in [0.1, 0.15) is 0 Å². The van der Waals surface area contributed by atoms with Gasteiger partial charge in [-0.15, -0.1) is 0 Å². The highest BCUT2D eigenvalue weighted by Crippen LogP contribution is 2.16. The van der Waals surface area contributed by atoms with Crippen molar-refractivity contribution < 1.29 is 17.9 Å². The minimum atomic E-state index is -3.29. The molecule has 0 bridgehead atoms. The molecule has 2 N–H and O–H groups in total. The van der Waals surface area contributed by atoms with Crippen molar-refractivity contribution in [2.75, 3.05) is 26.0 Å². The fourth-order valence-electron chi connectivity index (χ4n) is 2.55. The fourth-order valence-corrected chi connectivity index (χ4v) is 3.63. The lowest BCUT2D eigenvalue weighted by molar-refractivity contribution is -0.140. The summed E-state index contributed by atoms with van der Waals surface area (Å²) in [6.07, 6.45) is 7.94. The van der Waals surface area contributed by atoms with Gasteiger partial charge in [0.15, 0.2) is 0 Å². The SMILES string of the molecule is COC(=O)CCCS(=O)(=O)NCCNC1CCCCCC1. The topological polar surface area (TPSA) is 84.5 Å². The zero-order chi connectivity index (χ0) is 15.6. The molecule has 1 aliphatic carbocycles. The van der Waals surface area contributed by atoms with Crippen LogP contribution in [0.3, 0.4) is 0 Å². The average Bonchev–Trinajstić information content (AvgIpc) is 2.72. The predicted octanol–water partition coefficient (Wildman–Crippen LogP) is 1.17. The van der Waals surface area contributed by atoms with E-state index in [1.807, 2.05) is 0 Å². The van der Waals surface area contributed by atoms with Gasteiger partial charge in [-0.3, -0.25) is 4.79 Å². The number of carbonyl (C=O) groups is 1. The number of hydrogen-bond donors (Lipinski definition) is 2. The van der Waals surface area contributed by atoms with Crippen LogP contribution >= 0.6 is 0 Å². The number of sulfonamides is 1. The average molecular weight is 320 g/mol. The van der Waals surface area contributed by atoms with E-state index in [-0.39, 0.29) is 24.6 Å². The van der Waals surface area contributed by atoms with Crippen molar-refractivity contribution >= 4 is 16.0 Å². The summed E-state index contributed by atoms with van der Waals surface area (Å²) >= 11 is 0. The van der Waals surface area contributed by atoms with E-state index in [0.29, 0.717) is 19.1 Å². The Morgan fingerprint density at radius 3 is 2.43 bits per heavy atom. The number of carbonyl (C=O) groups excluding carboxylic acids is 1. The van der Waals surface area contributed by atoms with E-state index in [2.05, 4.69) is 14.8 Å². The molecule has 0 heterocycles. The third-order valence-corrected chi connectivity index (χ3v) is 5.23. The Kier molecular flexibility index (Phi) is 8.87.